The van der Waals surface area contributed by atoms with Crippen molar-refractivity contribution in [3.63, 3.8) is 0 Å². The van der Waals surface area contributed by atoms with Gasteiger partial charge in [-0.15, -0.1) is 0 Å². The van der Waals surface area contributed by atoms with E-state index in [1.165, 1.54) is 0 Å². The van der Waals surface area contributed by atoms with E-state index in [2.05, 4.69) is 5.32 Å². The molecule has 0 aliphatic carbocycles. The van der Waals surface area contributed by atoms with Gasteiger partial charge < -0.3 is 10.4 Å². The molecular formula is C11H13Cl2NO2. The predicted molar refractivity (Wildman–Crippen MR) is 64.9 cm³/mol. The van der Waals surface area contributed by atoms with E-state index >= 15 is 0 Å². The topological polar surface area (TPSA) is 49.3 Å². The molecule has 3 nitrogen and oxygen atoms in total. The number of carbonyl (C=O) groups is 1. The molecule has 0 spiro atoms. The normalized spacial score (nSPS) is 12.2. The molecule has 0 aliphatic heterocycles. The van der Waals surface area contributed by atoms with Crippen LogP contribution >= 0.6 is 23.2 Å². The smallest absolute Gasteiger partial charge is 0.224 e. The predicted octanol–water partition coefficient (Wildman–Crippen LogP) is 2.03. The van der Waals surface area contributed by atoms with Gasteiger partial charge in [0.1, 0.15) is 0 Å². The molecule has 1 aromatic rings. The summed E-state index contributed by atoms with van der Waals surface area (Å²) in [5, 5.41) is 12.6. The third-order valence-corrected chi connectivity index (χ3v) is 2.55. The number of carbonyl (C=O) groups excluding carboxylic acids is 1. The van der Waals surface area contributed by atoms with Gasteiger partial charge in [-0.2, -0.15) is 0 Å². The minimum Gasteiger partial charge on any atom is -0.392 e. The molecule has 1 atom stereocenters. The molecule has 16 heavy (non-hydrogen) atoms. The maximum atomic E-state index is 11.4. The van der Waals surface area contributed by atoms with E-state index in [-0.39, 0.29) is 18.9 Å². The molecule has 0 aliphatic rings. The summed E-state index contributed by atoms with van der Waals surface area (Å²) in [5.74, 6) is -0.176. The van der Waals surface area contributed by atoms with E-state index in [0.29, 0.717) is 15.6 Å². The second-order valence-corrected chi connectivity index (χ2v) is 4.41. The van der Waals surface area contributed by atoms with Crippen LogP contribution in [0, 0.1) is 0 Å². The third-order valence-electron chi connectivity index (χ3n) is 1.96. The largest absolute Gasteiger partial charge is 0.392 e. The van der Waals surface area contributed by atoms with Crippen LogP contribution in [-0.2, 0) is 11.2 Å². The van der Waals surface area contributed by atoms with Crippen molar-refractivity contribution < 1.29 is 9.90 Å². The van der Waals surface area contributed by atoms with Gasteiger partial charge in [0.2, 0.25) is 5.91 Å². The lowest BCUT2D eigenvalue weighted by Crippen LogP contribution is -2.31. The molecule has 2 N–H and O–H groups in total. The number of hydrogen-bond donors (Lipinski definition) is 2. The molecule has 1 amide bonds. The van der Waals surface area contributed by atoms with Crippen LogP contribution in [0.5, 0.6) is 0 Å². The lowest BCUT2D eigenvalue weighted by atomic mass is 10.1. The van der Waals surface area contributed by atoms with Crippen molar-refractivity contribution in [1.29, 1.82) is 0 Å². The van der Waals surface area contributed by atoms with Gasteiger partial charge in [-0.25, -0.2) is 0 Å². The Hall–Kier alpha value is -0.770. The highest BCUT2D eigenvalue weighted by Gasteiger charge is 2.07. The molecule has 0 saturated carbocycles. The zero-order valence-corrected chi connectivity index (χ0v) is 10.3. The summed E-state index contributed by atoms with van der Waals surface area (Å²) in [6, 6.07) is 5.00. The van der Waals surface area contributed by atoms with Crippen LogP contribution in [0.25, 0.3) is 0 Å². The Morgan fingerprint density at radius 1 is 1.50 bits per heavy atom. The fourth-order valence-corrected chi connectivity index (χ4v) is 1.64. The van der Waals surface area contributed by atoms with E-state index in [1.807, 2.05) is 0 Å². The average Bonchev–Trinajstić information content (AvgIpc) is 2.19. The SMILES string of the molecule is CC(O)CNC(=O)Cc1ccc(Cl)cc1Cl. The van der Waals surface area contributed by atoms with Crippen LogP contribution in [0.4, 0.5) is 0 Å². The highest BCUT2D eigenvalue weighted by Crippen LogP contribution is 2.21. The summed E-state index contributed by atoms with van der Waals surface area (Å²) in [7, 11) is 0. The van der Waals surface area contributed by atoms with E-state index in [0.717, 1.165) is 0 Å². The third kappa shape index (κ3) is 4.39. The summed E-state index contributed by atoms with van der Waals surface area (Å²) >= 11 is 11.7. The second-order valence-electron chi connectivity index (χ2n) is 3.57. The molecular weight excluding hydrogens is 249 g/mol. The van der Waals surface area contributed by atoms with E-state index < -0.39 is 6.10 Å². The molecule has 0 fully saturated rings. The quantitative estimate of drug-likeness (QED) is 0.872. The maximum absolute atomic E-state index is 11.4. The number of aliphatic hydroxyl groups excluding tert-OH is 1. The van der Waals surface area contributed by atoms with Crippen LogP contribution in [0.1, 0.15) is 12.5 Å². The van der Waals surface area contributed by atoms with Crippen molar-refractivity contribution in [3.8, 4) is 0 Å². The number of amides is 1. The molecule has 88 valence electrons. The monoisotopic (exact) mass is 261 g/mol. The Bertz CT molecular complexity index is 380. The van der Waals surface area contributed by atoms with Crippen molar-refractivity contribution >= 4 is 29.1 Å². The van der Waals surface area contributed by atoms with Crippen molar-refractivity contribution in [2.24, 2.45) is 0 Å². The first kappa shape index (κ1) is 13.3. The molecule has 5 heteroatoms. The van der Waals surface area contributed by atoms with E-state index in [4.69, 9.17) is 28.3 Å². The fourth-order valence-electron chi connectivity index (χ4n) is 1.16. The lowest BCUT2D eigenvalue weighted by molar-refractivity contribution is -0.120. The van der Waals surface area contributed by atoms with E-state index in [9.17, 15) is 4.79 Å². The van der Waals surface area contributed by atoms with Crippen LogP contribution < -0.4 is 5.32 Å². The summed E-state index contributed by atoms with van der Waals surface area (Å²) in [6.45, 7) is 1.85. The van der Waals surface area contributed by atoms with Gasteiger partial charge in [-0.3, -0.25) is 4.79 Å². The minimum absolute atomic E-state index is 0.176. The van der Waals surface area contributed by atoms with Gasteiger partial charge in [0, 0.05) is 16.6 Å². The Morgan fingerprint density at radius 3 is 2.75 bits per heavy atom. The molecule has 1 rings (SSSR count). The lowest BCUT2D eigenvalue weighted by Gasteiger charge is -2.08. The van der Waals surface area contributed by atoms with Crippen molar-refractivity contribution in [2.75, 3.05) is 6.54 Å². The van der Waals surface area contributed by atoms with Gasteiger partial charge >= 0.3 is 0 Å². The highest BCUT2D eigenvalue weighted by atomic mass is 35.5. The van der Waals surface area contributed by atoms with Crippen LogP contribution in [0.15, 0.2) is 18.2 Å². The Morgan fingerprint density at radius 2 is 2.19 bits per heavy atom. The first-order chi connectivity index (χ1) is 7.49. The second kappa shape index (κ2) is 6.09. The zero-order valence-electron chi connectivity index (χ0n) is 8.84. The summed E-state index contributed by atoms with van der Waals surface area (Å²) in [6.07, 6.45) is -0.368. The van der Waals surface area contributed by atoms with Crippen molar-refractivity contribution in [2.45, 2.75) is 19.4 Å². The Labute approximate surface area is 104 Å². The number of rotatable bonds is 4. The number of aliphatic hydroxyl groups is 1. The van der Waals surface area contributed by atoms with Crippen molar-refractivity contribution in [1.82, 2.24) is 5.32 Å². The van der Waals surface area contributed by atoms with Crippen molar-refractivity contribution in [3.05, 3.63) is 33.8 Å². The Balaban J connectivity index is 2.56. The maximum Gasteiger partial charge on any atom is 0.224 e. The number of nitrogens with one attached hydrogen (secondary N) is 1. The first-order valence-electron chi connectivity index (χ1n) is 4.87. The van der Waals surface area contributed by atoms with Crippen LogP contribution in [0.2, 0.25) is 10.0 Å². The highest BCUT2D eigenvalue weighted by molar-refractivity contribution is 6.35. The van der Waals surface area contributed by atoms with Gasteiger partial charge in [-0.05, 0) is 24.6 Å². The molecule has 1 aromatic carbocycles. The minimum atomic E-state index is -0.551. The number of halogens is 2. The average molecular weight is 262 g/mol. The summed E-state index contributed by atoms with van der Waals surface area (Å²) in [4.78, 5) is 11.4. The van der Waals surface area contributed by atoms with E-state index in [1.54, 1.807) is 25.1 Å². The standard InChI is InChI=1S/C11H13Cl2NO2/c1-7(15)6-14-11(16)4-8-2-3-9(12)5-10(8)13/h2-3,5,7,15H,4,6H2,1H3,(H,14,16). The number of hydrogen-bond acceptors (Lipinski definition) is 2. The molecule has 1 unspecified atom stereocenters. The summed E-state index contributed by atoms with van der Waals surface area (Å²) < 4.78 is 0. The summed E-state index contributed by atoms with van der Waals surface area (Å²) in [5.41, 5.74) is 0.717. The molecule has 0 aromatic heterocycles. The molecule has 0 saturated heterocycles. The van der Waals surface area contributed by atoms with Gasteiger partial charge in [0.25, 0.3) is 0 Å². The van der Waals surface area contributed by atoms with Crippen LogP contribution in [0.3, 0.4) is 0 Å². The van der Waals surface area contributed by atoms with Gasteiger partial charge in [0.15, 0.2) is 0 Å². The fraction of sp³-hybridized carbons (Fsp3) is 0.364. The Kier molecular flexibility index (Phi) is 5.06. The van der Waals surface area contributed by atoms with Gasteiger partial charge in [0.05, 0.1) is 12.5 Å². The first-order valence-corrected chi connectivity index (χ1v) is 5.63. The zero-order chi connectivity index (χ0) is 12.1. The van der Waals surface area contributed by atoms with Gasteiger partial charge in [-0.1, -0.05) is 29.3 Å². The molecule has 0 radical (unpaired) electrons. The number of benzene rings is 1. The molecule has 0 heterocycles. The van der Waals surface area contributed by atoms with Crippen LogP contribution in [-0.4, -0.2) is 23.7 Å². The molecule has 0 bridgehead atoms.